The number of piperazine rings is 1. The van der Waals surface area contributed by atoms with E-state index in [1.54, 1.807) is 7.05 Å². The van der Waals surface area contributed by atoms with Crippen molar-refractivity contribution in [3.63, 3.8) is 0 Å². The Morgan fingerprint density at radius 1 is 1.07 bits per heavy atom. The third kappa shape index (κ3) is 5.57. The molecular formula is C20H23FIN5. The molecule has 0 bridgehead atoms. The van der Waals surface area contributed by atoms with Crippen LogP contribution in [0.2, 0.25) is 0 Å². The average Bonchev–Trinajstić information content (AvgIpc) is 2.70. The van der Waals surface area contributed by atoms with E-state index in [4.69, 9.17) is 5.26 Å². The molecule has 0 saturated carbocycles. The molecule has 5 nitrogen and oxygen atoms in total. The van der Waals surface area contributed by atoms with Gasteiger partial charge in [0.2, 0.25) is 0 Å². The monoisotopic (exact) mass is 479 g/mol. The van der Waals surface area contributed by atoms with E-state index in [0.29, 0.717) is 12.1 Å². The van der Waals surface area contributed by atoms with E-state index < -0.39 is 0 Å². The van der Waals surface area contributed by atoms with E-state index in [1.165, 1.54) is 12.1 Å². The first-order chi connectivity index (χ1) is 12.7. The Kier molecular flexibility index (Phi) is 7.85. The Morgan fingerprint density at radius 3 is 2.26 bits per heavy atom. The normalized spacial score (nSPS) is 14.3. The first-order valence-corrected chi connectivity index (χ1v) is 8.65. The number of halogens is 2. The SMILES string of the molecule is CN=C(NCc1ccc(C#N)cc1)N1CCN(c2ccc(F)cc2)CC1.I. The molecule has 1 aliphatic heterocycles. The Labute approximate surface area is 176 Å². The number of anilines is 1. The van der Waals surface area contributed by atoms with Crippen LogP contribution in [0.1, 0.15) is 11.1 Å². The van der Waals surface area contributed by atoms with Crippen molar-refractivity contribution >= 4 is 35.6 Å². The Morgan fingerprint density at radius 2 is 1.70 bits per heavy atom. The number of aliphatic imine (C=N–C) groups is 1. The molecular weight excluding hydrogens is 456 g/mol. The summed E-state index contributed by atoms with van der Waals surface area (Å²) >= 11 is 0. The number of nitriles is 1. The van der Waals surface area contributed by atoms with E-state index in [9.17, 15) is 4.39 Å². The minimum atomic E-state index is -0.209. The predicted molar refractivity (Wildman–Crippen MR) is 117 cm³/mol. The van der Waals surface area contributed by atoms with Crippen molar-refractivity contribution in [3.05, 3.63) is 65.5 Å². The van der Waals surface area contributed by atoms with Gasteiger partial charge < -0.3 is 15.1 Å². The molecule has 0 atom stereocenters. The third-order valence-electron chi connectivity index (χ3n) is 4.52. The van der Waals surface area contributed by atoms with Crippen LogP contribution in [0.25, 0.3) is 0 Å². The van der Waals surface area contributed by atoms with Crippen LogP contribution in [0.3, 0.4) is 0 Å². The van der Waals surface area contributed by atoms with Gasteiger partial charge in [-0.1, -0.05) is 12.1 Å². The molecule has 7 heteroatoms. The number of hydrogen-bond donors (Lipinski definition) is 1. The zero-order chi connectivity index (χ0) is 18.4. The Balaban J connectivity index is 0.00000261. The highest BCUT2D eigenvalue weighted by molar-refractivity contribution is 14.0. The Bertz CT molecular complexity index is 791. The van der Waals surface area contributed by atoms with Gasteiger partial charge in [-0.05, 0) is 42.0 Å². The van der Waals surface area contributed by atoms with Crippen LogP contribution >= 0.6 is 24.0 Å². The van der Waals surface area contributed by atoms with Gasteiger partial charge in [-0.15, -0.1) is 24.0 Å². The summed E-state index contributed by atoms with van der Waals surface area (Å²) in [5.41, 5.74) is 2.82. The van der Waals surface area contributed by atoms with Crippen molar-refractivity contribution < 1.29 is 4.39 Å². The van der Waals surface area contributed by atoms with Gasteiger partial charge >= 0.3 is 0 Å². The predicted octanol–water partition coefficient (Wildman–Crippen LogP) is 3.21. The summed E-state index contributed by atoms with van der Waals surface area (Å²) in [5, 5.41) is 12.2. The van der Waals surface area contributed by atoms with Crippen LogP contribution in [0.4, 0.5) is 10.1 Å². The van der Waals surface area contributed by atoms with Gasteiger partial charge in [0.25, 0.3) is 0 Å². The smallest absolute Gasteiger partial charge is 0.194 e. The number of rotatable bonds is 3. The number of nitrogens with one attached hydrogen (secondary N) is 1. The third-order valence-corrected chi connectivity index (χ3v) is 4.52. The minimum Gasteiger partial charge on any atom is -0.368 e. The van der Waals surface area contributed by atoms with Gasteiger partial charge in [-0.2, -0.15) is 5.26 Å². The van der Waals surface area contributed by atoms with Gasteiger partial charge in [-0.25, -0.2) is 4.39 Å². The lowest BCUT2D eigenvalue weighted by molar-refractivity contribution is 0.372. The average molecular weight is 479 g/mol. The van der Waals surface area contributed by atoms with Gasteiger partial charge in [0.1, 0.15) is 5.82 Å². The lowest BCUT2D eigenvalue weighted by Crippen LogP contribution is -2.52. The maximum absolute atomic E-state index is 13.1. The van der Waals surface area contributed by atoms with Crippen molar-refractivity contribution in [3.8, 4) is 6.07 Å². The van der Waals surface area contributed by atoms with E-state index in [-0.39, 0.29) is 29.8 Å². The zero-order valence-corrected chi connectivity index (χ0v) is 17.6. The molecule has 2 aromatic rings. The molecule has 0 aromatic heterocycles. The Hall–Kier alpha value is -2.34. The molecule has 1 aliphatic rings. The lowest BCUT2D eigenvalue weighted by atomic mass is 10.1. The maximum atomic E-state index is 13.1. The topological polar surface area (TPSA) is 54.7 Å². The largest absolute Gasteiger partial charge is 0.368 e. The standard InChI is InChI=1S/C20H22FN5.HI/c1-23-20(24-15-17-4-2-16(14-22)3-5-17)26-12-10-25(11-13-26)19-8-6-18(21)7-9-19;/h2-9H,10-13,15H2,1H3,(H,23,24);1H. The van der Waals surface area contributed by atoms with Gasteiger partial charge in [0, 0.05) is 45.5 Å². The van der Waals surface area contributed by atoms with E-state index in [0.717, 1.165) is 43.4 Å². The first-order valence-electron chi connectivity index (χ1n) is 8.65. The molecule has 142 valence electrons. The number of benzene rings is 2. The second-order valence-electron chi connectivity index (χ2n) is 6.16. The van der Waals surface area contributed by atoms with Crippen LogP contribution in [0.5, 0.6) is 0 Å². The fourth-order valence-corrected chi connectivity index (χ4v) is 3.04. The van der Waals surface area contributed by atoms with Crippen molar-refractivity contribution in [2.24, 2.45) is 4.99 Å². The quantitative estimate of drug-likeness (QED) is 0.418. The first kappa shape index (κ1) is 21.0. The van der Waals surface area contributed by atoms with Crippen molar-refractivity contribution in [1.29, 1.82) is 5.26 Å². The second-order valence-corrected chi connectivity index (χ2v) is 6.16. The lowest BCUT2D eigenvalue weighted by Gasteiger charge is -2.37. The number of nitrogens with zero attached hydrogens (tertiary/aromatic N) is 4. The fraction of sp³-hybridized carbons (Fsp3) is 0.300. The number of guanidine groups is 1. The minimum absolute atomic E-state index is 0. The van der Waals surface area contributed by atoms with Crippen LogP contribution in [0, 0.1) is 17.1 Å². The number of hydrogen-bond acceptors (Lipinski definition) is 3. The zero-order valence-electron chi connectivity index (χ0n) is 15.2. The second kappa shape index (κ2) is 10.1. The maximum Gasteiger partial charge on any atom is 0.194 e. The summed E-state index contributed by atoms with van der Waals surface area (Å²) in [4.78, 5) is 8.86. The van der Waals surface area contributed by atoms with E-state index in [1.807, 2.05) is 36.4 Å². The van der Waals surface area contributed by atoms with Crippen molar-refractivity contribution in [2.75, 3.05) is 38.1 Å². The summed E-state index contributed by atoms with van der Waals surface area (Å²) in [5.74, 6) is 0.660. The van der Waals surface area contributed by atoms with E-state index >= 15 is 0 Å². The van der Waals surface area contributed by atoms with Gasteiger partial charge in [0.05, 0.1) is 11.6 Å². The molecule has 3 rings (SSSR count). The van der Waals surface area contributed by atoms with E-state index in [2.05, 4.69) is 26.2 Å². The molecule has 0 amide bonds. The molecule has 0 spiro atoms. The highest BCUT2D eigenvalue weighted by Gasteiger charge is 2.19. The molecule has 0 aliphatic carbocycles. The molecule has 1 N–H and O–H groups in total. The summed E-state index contributed by atoms with van der Waals surface area (Å²) in [7, 11) is 1.79. The summed E-state index contributed by atoms with van der Waals surface area (Å²) in [6.07, 6.45) is 0. The molecule has 0 unspecified atom stereocenters. The highest BCUT2D eigenvalue weighted by Crippen LogP contribution is 2.17. The molecule has 27 heavy (non-hydrogen) atoms. The highest BCUT2D eigenvalue weighted by atomic mass is 127. The van der Waals surface area contributed by atoms with Crippen molar-refractivity contribution in [2.45, 2.75) is 6.54 Å². The van der Waals surface area contributed by atoms with Gasteiger partial charge in [-0.3, -0.25) is 4.99 Å². The van der Waals surface area contributed by atoms with Crippen LogP contribution in [0.15, 0.2) is 53.5 Å². The molecule has 2 aromatic carbocycles. The molecule has 1 heterocycles. The van der Waals surface area contributed by atoms with Crippen LogP contribution < -0.4 is 10.2 Å². The van der Waals surface area contributed by atoms with Gasteiger partial charge in [0.15, 0.2) is 5.96 Å². The fourth-order valence-electron chi connectivity index (χ4n) is 3.04. The summed E-state index contributed by atoms with van der Waals surface area (Å²) < 4.78 is 13.1. The van der Waals surface area contributed by atoms with Crippen LogP contribution in [-0.2, 0) is 6.54 Å². The van der Waals surface area contributed by atoms with Crippen molar-refractivity contribution in [1.82, 2.24) is 10.2 Å². The molecule has 0 radical (unpaired) electrons. The molecule has 1 saturated heterocycles. The molecule has 1 fully saturated rings. The summed E-state index contributed by atoms with van der Waals surface area (Å²) in [6, 6.07) is 16.3. The summed E-state index contributed by atoms with van der Waals surface area (Å²) in [6.45, 7) is 4.10. The van der Waals surface area contributed by atoms with Crippen LogP contribution in [-0.4, -0.2) is 44.1 Å².